The zero-order valence-electron chi connectivity index (χ0n) is 14.0. The molecule has 140 valence electrons. The van der Waals surface area contributed by atoms with Crippen LogP contribution in [0.3, 0.4) is 0 Å². The summed E-state index contributed by atoms with van der Waals surface area (Å²) in [7, 11) is -3.49. The van der Waals surface area contributed by atoms with E-state index in [2.05, 4.69) is 19.7 Å². The third-order valence-corrected chi connectivity index (χ3v) is 3.91. The molecule has 0 unspecified atom stereocenters. The Morgan fingerprint density at radius 3 is 2.81 bits per heavy atom. The summed E-state index contributed by atoms with van der Waals surface area (Å²) in [4.78, 5) is 36.1. The maximum atomic E-state index is 12.3. The van der Waals surface area contributed by atoms with Crippen molar-refractivity contribution < 1.29 is 22.7 Å². The van der Waals surface area contributed by atoms with Crippen LogP contribution in [0.25, 0.3) is 11.2 Å². The smallest absolute Gasteiger partial charge is 0.338 e. The van der Waals surface area contributed by atoms with Gasteiger partial charge in [0.2, 0.25) is 16.0 Å². The Balaban J connectivity index is 1.71. The molecule has 11 nitrogen and oxygen atoms in total. The minimum absolute atomic E-state index is 0.0239. The van der Waals surface area contributed by atoms with Crippen LogP contribution in [-0.2, 0) is 14.8 Å². The molecule has 0 fully saturated rings. The van der Waals surface area contributed by atoms with E-state index in [0.717, 1.165) is 10.8 Å². The van der Waals surface area contributed by atoms with Crippen LogP contribution in [0.15, 0.2) is 36.8 Å². The van der Waals surface area contributed by atoms with E-state index < -0.39 is 28.5 Å². The molecule has 12 heteroatoms. The fourth-order valence-corrected chi connectivity index (χ4v) is 2.76. The molecule has 0 radical (unpaired) electrons. The monoisotopic (exact) mass is 390 g/mol. The molecule has 3 rings (SSSR count). The van der Waals surface area contributed by atoms with Gasteiger partial charge in [-0.3, -0.25) is 9.52 Å². The van der Waals surface area contributed by atoms with Gasteiger partial charge in [0.25, 0.3) is 5.91 Å². The van der Waals surface area contributed by atoms with Crippen LogP contribution in [0.2, 0.25) is 0 Å². The summed E-state index contributed by atoms with van der Waals surface area (Å²) < 4.78 is 30.9. The number of carbonyl (C=O) groups excluding carboxylic acids is 2. The maximum absolute atomic E-state index is 12.3. The molecule has 0 saturated carbocycles. The predicted molar refractivity (Wildman–Crippen MR) is 95.6 cm³/mol. The average Bonchev–Trinajstić information content (AvgIpc) is 3.01. The third-order valence-electron chi connectivity index (χ3n) is 3.31. The maximum Gasteiger partial charge on any atom is 0.338 e. The van der Waals surface area contributed by atoms with Crippen molar-refractivity contribution in [2.75, 3.05) is 23.3 Å². The number of nitrogens with two attached hydrogens (primary N) is 1. The van der Waals surface area contributed by atoms with Crippen molar-refractivity contribution in [1.29, 1.82) is 0 Å². The lowest BCUT2D eigenvalue weighted by atomic mass is 10.2. The molecule has 3 aromatic rings. The van der Waals surface area contributed by atoms with Crippen LogP contribution in [0.5, 0.6) is 0 Å². The highest BCUT2D eigenvalue weighted by Crippen LogP contribution is 2.14. The highest BCUT2D eigenvalue weighted by molar-refractivity contribution is 7.92. The molecule has 0 aliphatic carbocycles. The SMILES string of the molecule is CS(=O)(=O)Nc1cccc(C(=O)OCC(=O)n2cnc3cnc(N)nc32)c1. The number of ether oxygens (including phenoxy) is 1. The molecule has 3 N–H and O–H groups in total. The first-order chi connectivity index (χ1) is 12.7. The minimum Gasteiger partial charge on any atom is -0.452 e. The van der Waals surface area contributed by atoms with E-state index in [-0.39, 0.29) is 22.8 Å². The Bertz CT molecular complexity index is 1140. The van der Waals surface area contributed by atoms with Gasteiger partial charge in [-0.2, -0.15) is 4.98 Å². The van der Waals surface area contributed by atoms with Gasteiger partial charge in [-0.25, -0.2) is 27.7 Å². The number of esters is 1. The Morgan fingerprint density at radius 1 is 1.30 bits per heavy atom. The van der Waals surface area contributed by atoms with E-state index in [0.29, 0.717) is 5.52 Å². The van der Waals surface area contributed by atoms with E-state index in [9.17, 15) is 18.0 Å². The Morgan fingerprint density at radius 2 is 2.07 bits per heavy atom. The van der Waals surface area contributed by atoms with Crippen LogP contribution in [0.4, 0.5) is 11.6 Å². The molecule has 2 heterocycles. The van der Waals surface area contributed by atoms with Crippen molar-refractivity contribution in [1.82, 2.24) is 19.5 Å². The second kappa shape index (κ2) is 6.99. The number of sulfonamides is 1. The van der Waals surface area contributed by atoms with E-state index in [4.69, 9.17) is 10.5 Å². The molecule has 27 heavy (non-hydrogen) atoms. The lowest BCUT2D eigenvalue weighted by Gasteiger charge is -2.07. The zero-order valence-corrected chi connectivity index (χ0v) is 14.8. The van der Waals surface area contributed by atoms with Crippen molar-refractivity contribution >= 4 is 44.7 Å². The summed E-state index contributed by atoms with van der Waals surface area (Å²) in [5.74, 6) is -1.40. The molecule has 0 amide bonds. The fraction of sp³-hybridized carbons (Fsp3) is 0.133. The van der Waals surface area contributed by atoms with E-state index in [1.54, 1.807) is 0 Å². The summed E-state index contributed by atoms with van der Waals surface area (Å²) in [6.07, 6.45) is 3.59. The van der Waals surface area contributed by atoms with Crippen molar-refractivity contribution in [2.24, 2.45) is 0 Å². The van der Waals surface area contributed by atoms with Gasteiger partial charge in [0.1, 0.15) is 11.8 Å². The van der Waals surface area contributed by atoms with Crippen LogP contribution in [-0.4, -0.2) is 52.7 Å². The van der Waals surface area contributed by atoms with Gasteiger partial charge < -0.3 is 10.5 Å². The van der Waals surface area contributed by atoms with Gasteiger partial charge in [-0.15, -0.1) is 0 Å². The number of carbonyl (C=O) groups is 2. The van der Waals surface area contributed by atoms with Gasteiger partial charge in [0.05, 0.1) is 18.0 Å². The molecule has 2 aromatic heterocycles. The molecule has 0 aliphatic rings. The highest BCUT2D eigenvalue weighted by Gasteiger charge is 2.16. The number of imidazole rings is 1. The lowest BCUT2D eigenvalue weighted by Crippen LogP contribution is -2.20. The van der Waals surface area contributed by atoms with Gasteiger partial charge in [0.15, 0.2) is 12.3 Å². The summed E-state index contributed by atoms with van der Waals surface area (Å²) >= 11 is 0. The minimum atomic E-state index is -3.49. The van der Waals surface area contributed by atoms with Crippen molar-refractivity contribution in [3.05, 3.63) is 42.4 Å². The fourth-order valence-electron chi connectivity index (χ4n) is 2.21. The highest BCUT2D eigenvalue weighted by atomic mass is 32.2. The number of fused-ring (bicyclic) bond motifs is 1. The number of hydrogen-bond donors (Lipinski definition) is 2. The largest absolute Gasteiger partial charge is 0.452 e. The summed E-state index contributed by atoms with van der Waals surface area (Å²) in [5, 5.41) is 0. The normalized spacial score (nSPS) is 11.3. The van der Waals surface area contributed by atoms with Crippen molar-refractivity contribution in [2.45, 2.75) is 0 Å². The van der Waals surface area contributed by atoms with Crippen LogP contribution in [0.1, 0.15) is 15.2 Å². The number of nitrogen functional groups attached to an aromatic ring is 1. The first-order valence-electron chi connectivity index (χ1n) is 7.47. The molecular formula is C15H14N6O5S. The standard InChI is InChI=1S/C15H14N6O5S/c1-27(24,25)20-10-4-2-3-9(5-10)14(23)26-7-12(22)21-8-18-11-6-17-15(16)19-13(11)21/h2-6,8,20H,7H2,1H3,(H2,16,17,19). The molecule has 0 atom stereocenters. The van der Waals surface area contributed by atoms with Gasteiger partial charge in [-0.05, 0) is 18.2 Å². The second-order valence-electron chi connectivity index (χ2n) is 5.48. The number of nitrogens with one attached hydrogen (secondary N) is 1. The number of benzene rings is 1. The number of rotatable bonds is 5. The predicted octanol–water partition coefficient (Wildman–Crippen LogP) is 0.277. The first-order valence-corrected chi connectivity index (χ1v) is 9.36. The van der Waals surface area contributed by atoms with Gasteiger partial charge >= 0.3 is 5.97 Å². The van der Waals surface area contributed by atoms with Crippen molar-refractivity contribution in [3.8, 4) is 0 Å². The summed E-state index contributed by atoms with van der Waals surface area (Å²) in [6.45, 7) is -0.571. The zero-order chi connectivity index (χ0) is 19.6. The molecule has 0 spiro atoms. The number of nitrogens with zero attached hydrogens (tertiary/aromatic N) is 4. The van der Waals surface area contributed by atoms with Crippen molar-refractivity contribution in [3.63, 3.8) is 0 Å². The second-order valence-corrected chi connectivity index (χ2v) is 7.22. The van der Waals surface area contributed by atoms with E-state index >= 15 is 0 Å². The number of hydrogen-bond acceptors (Lipinski definition) is 9. The van der Waals surface area contributed by atoms with Crippen LogP contribution < -0.4 is 10.5 Å². The average molecular weight is 390 g/mol. The topological polar surface area (TPSA) is 159 Å². The molecular weight excluding hydrogens is 376 g/mol. The quantitative estimate of drug-likeness (QED) is 0.583. The van der Waals surface area contributed by atoms with E-state index in [1.807, 2.05) is 0 Å². The number of anilines is 2. The van der Waals surface area contributed by atoms with Gasteiger partial charge in [-0.1, -0.05) is 6.07 Å². The summed E-state index contributed by atoms with van der Waals surface area (Å²) in [5.41, 5.74) is 6.34. The first kappa shape index (κ1) is 18.3. The number of aromatic nitrogens is 4. The Kier molecular flexibility index (Phi) is 4.73. The van der Waals surface area contributed by atoms with E-state index in [1.165, 1.54) is 36.8 Å². The Hall–Kier alpha value is -3.54. The Labute approximate surface area is 153 Å². The molecule has 0 saturated heterocycles. The third kappa shape index (κ3) is 4.36. The van der Waals surface area contributed by atoms with Crippen LogP contribution >= 0.6 is 0 Å². The molecule has 0 bridgehead atoms. The molecule has 1 aromatic carbocycles. The lowest BCUT2D eigenvalue weighted by molar-refractivity contribution is 0.0450. The van der Waals surface area contributed by atoms with Crippen LogP contribution in [0, 0.1) is 0 Å². The summed E-state index contributed by atoms with van der Waals surface area (Å²) in [6, 6.07) is 5.69. The molecule has 0 aliphatic heterocycles. The van der Waals surface area contributed by atoms with Gasteiger partial charge in [0, 0.05) is 5.69 Å².